The summed E-state index contributed by atoms with van der Waals surface area (Å²) in [5.74, 6) is 1.81. The topological polar surface area (TPSA) is 12.0 Å². The average molecular weight is 181 g/mol. The second kappa shape index (κ2) is 3.61. The number of hydrogen-bond donors (Lipinski definition) is 1. The molecule has 0 aromatic rings. The van der Waals surface area contributed by atoms with Crippen LogP contribution in [0.15, 0.2) is 0 Å². The molecule has 1 saturated heterocycles. The Bertz CT molecular complexity index is 168. The summed E-state index contributed by atoms with van der Waals surface area (Å²) < 4.78 is 0. The lowest BCUT2D eigenvalue weighted by Crippen LogP contribution is -2.50. The summed E-state index contributed by atoms with van der Waals surface area (Å²) >= 11 is 0. The van der Waals surface area contributed by atoms with Gasteiger partial charge in [0, 0.05) is 5.54 Å². The van der Waals surface area contributed by atoms with Gasteiger partial charge in [0.05, 0.1) is 0 Å². The van der Waals surface area contributed by atoms with Crippen LogP contribution in [-0.2, 0) is 0 Å². The molecule has 1 saturated carbocycles. The summed E-state index contributed by atoms with van der Waals surface area (Å²) in [5, 5.41) is 3.80. The molecule has 13 heavy (non-hydrogen) atoms. The van der Waals surface area contributed by atoms with Gasteiger partial charge in [-0.25, -0.2) is 0 Å². The Balaban J connectivity index is 2.12. The molecule has 2 rings (SSSR count). The minimum absolute atomic E-state index is 0.562. The van der Waals surface area contributed by atoms with Gasteiger partial charge in [0.25, 0.3) is 0 Å². The summed E-state index contributed by atoms with van der Waals surface area (Å²) in [6.45, 7) is 6.07. The Kier molecular flexibility index (Phi) is 2.64. The van der Waals surface area contributed by atoms with E-state index < -0.39 is 0 Å². The van der Waals surface area contributed by atoms with Crippen LogP contribution in [0.3, 0.4) is 0 Å². The fourth-order valence-electron chi connectivity index (χ4n) is 3.60. The third-order valence-electron chi connectivity index (χ3n) is 4.18. The lowest BCUT2D eigenvalue weighted by atomic mass is 9.67. The van der Waals surface area contributed by atoms with Crippen LogP contribution in [0.1, 0.15) is 52.4 Å². The largest absolute Gasteiger partial charge is 0.311 e. The van der Waals surface area contributed by atoms with Crippen molar-refractivity contribution in [2.45, 2.75) is 57.9 Å². The van der Waals surface area contributed by atoms with E-state index in [4.69, 9.17) is 0 Å². The SMILES string of the molecule is CC(C)C1CCCC[C@]12CCCN2. The second-order valence-electron chi connectivity index (χ2n) is 5.28. The molecule has 0 aromatic heterocycles. The smallest absolute Gasteiger partial charge is 0.0212 e. The summed E-state index contributed by atoms with van der Waals surface area (Å²) in [4.78, 5) is 0. The fraction of sp³-hybridized carbons (Fsp3) is 1.00. The summed E-state index contributed by atoms with van der Waals surface area (Å²) in [5.41, 5.74) is 0.562. The van der Waals surface area contributed by atoms with Crippen molar-refractivity contribution in [3.8, 4) is 0 Å². The van der Waals surface area contributed by atoms with Crippen LogP contribution in [0.25, 0.3) is 0 Å². The number of rotatable bonds is 1. The molecule has 2 fully saturated rings. The maximum atomic E-state index is 3.80. The maximum Gasteiger partial charge on any atom is 0.0212 e. The van der Waals surface area contributed by atoms with Crippen molar-refractivity contribution in [2.75, 3.05) is 6.54 Å². The number of nitrogens with one attached hydrogen (secondary N) is 1. The number of hydrogen-bond acceptors (Lipinski definition) is 1. The highest BCUT2D eigenvalue weighted by molar-refractivity contribution is 5.01. The lowest BCUT2D eigenvalue weighted by molar-refractivity contribution is 0.121. The van der Waals surface area contributed by atoms with Crippen LogP contribution in [0.2, 0.25) is 0 Å². The highest BCUT2D eigenvalue weighted by Gasteiger charge is 2.43. The second-order valence-corrected chi connectivity index (χ2v) is 5.28. The Morgan fingerprint density at radius 1 is 1.15 bits per heavy atom. The molecule has 1 spiro atoms. The van der Waals surface area contributed by atoms with Crippen LogP contribution in [0.5, 0.6) is 0 Å². The molecule has 76 valence electrons. The van der Waals surface area contributed by atoms with Gasteiger partial charge in [-0.05, 0) is 44.1 Å². The first kappa shape index (κ1) is 9.51. The molecule has 0 radical (unpaired) electrons. The summed E-state index contributed by atoms with van der Waals surface area (Å²) in [6.07, 6.45) is 8.67. The zero-order chi connectivity index (χ0) is 9.31. The third kappa shape index (κ3) is 1.63. The van der Waals surface area contributed by atoms with E-state index in [9.17, 15) is 0 Å². The molecule has 1 nitrogen and oxygen atoms in total. The van der Waals surface area contributed by atoms with Crippen molar-refractivity contribution in [3.63, 3.8) is 0 Å². The first-order chi connectivity index (χ1) is 6.25. The highest BCUT2D eigenvalue weighted by Crippen LogP contribution is 2.43. The van der Waals surface area contributed by atoms with E-state index in [1.807, 2.05) is 0 Å². The molecule has 2 aliphatic rings. The molecule has 0 aromatic carbocycles. The van der Waals surface area contributed by atoms with Crippen LogP contribution >= 0.6 is 0 Å². The van der Waals surface area contributed by atoms with Crippen LogP contribution in [0.4, 0.5) is 0 Å². The van der Waals surface area contributed by atoms with E-state index in [1.54, 1.807) is 0 Å². The fourth-order valence-corrected chi connectivity index (χ4v) is 3.60. The Hall–Kier alpha value is -0.0400. The van der Waals surface area contributed by atoms with Gasteiger partial charge in [-0.2, -0.15) is 0 Å². The molecular formula is C12H23N. The first-order valence-corrected chi connectivity index (χ1v) is 6.00. The minimum atomic E-state index is 0.562. The van der Waals surface area contributed by atoms with Crippen molar-refractivity contribution < 1.29 is 0 Å². The van der Waals surface area contributed by atoms with E-state index in [-0.39, 0.29) is 0 Å². The van der Waals surface area contributed by atoms with Crippen molar-refractivity contribution in [2.24, 2.45) is 11.8 Å². The Morgan fingerprint density at radius 2 is 1.92 bits per heavy atom. The van der Waals surface area contributed by atoms with Gasteiger partial charge in [0.15, 0.2) is 0 Å². The predicted octanol–water partition coefficient (Wildman–Crippen LogP) is 2.95. The molecule has 1 heteroatoms. The van der Waals surface area contributed by atoms with E-state index in [2.05, 4.69) is 19.2 Å². The van der Waals surface area contributed by atoms with Crippen molar-refractivity contribution in [1.29, 1.82) is 0 Å². The van der Waals surface area contributed by atoms with Crippen LogP contribution < -0.4 is 5.32 Å². The molecule has 1 aliphatic heterocycles. The van der Waals surface area contributed by atoms with Gasteiger partial charge in [0.1, 0.15) is 0 Å². The zero-order valence-electron chi connectivity index (χ0n) is 9.10. The maximum absolute atomic E-state index is 3.80. The van der Waals surface area contributed by atoms with Crippen molar-refractivity contribution in [1.82, 2.24) is 5.32 Å². The quantitative estimate of drug-likeness (QED) is 0.656. The monoisotopic (exact) mass is 181 g/mol. The minimum Gasteiger partial charge on any atom is -0.311 e. The molecule has 2 atom stereocenters. The van der Waals surface area contributed by atoms with Crippen LogP contribution in [-0.4, -0.2) is 12.1 Å². The van der Waals surface area contributed by atoms with Crippen molar-refractivity contribution >= 4 is 0 Å². The molecular weight excluding hydrogens is 158 g/mol. The highest BCUT2D eigenvalue weighted by atomic mass is 15.0. The van der Waals surface area contributed by atoms with Crippen LogP contribution in [0, 0.1) is 11.8 Å². The third-order valence-corrected chi connectivity index (χ3v) is 4.18. The van der Waals surface area contributed by atoms with E-state index in [0.717, 1.165) is 11.8 Å². The molecule has 0 amide bonds. The van der Waals surface area contributed by atoms with Gasteiger partial charge in [-0.3, -0.25) is 0 Å². The zero-order valence-corrected chi connectivity index (χ0v) is 9.10. The van der Waals surface area contributed by atoms with Crippen molar-refractivity contribution in [3.05, 3.63) is 0 Å². The average Bonchev–Trinajstić information content (AvgIpc) is 2.54. The standard InChI is InChI=1S/C12H23N/c1-10(2)11-6-3-4-7-12(11)8-5-9-13-12/h10-11,13H,3-9H2,1-2H3/t11?,12-/m0/s1. The molecule has 1 unspecified atom stereocenters. The van der Waals surface area contributed by atoms with Gasteiger partial charge < -0.3 is 5.32 Å². The predicted molar refractivity (Wildman–Crippen MR) is 56.8 cm³/mol. The summed E-state index contributed by atoms with van der Waals surface area (Å²) in [7, 11) is 0. The van der Waals surface area contributed by atoms with E-state index in [1.165, 1.54) is 45.1 Å². The molecule has 1 N–H and O–H groups in total. The van der Waals surface area contributed by atoms with E-state index >= 15 is 0 Å². The van der Waals surface area contributed by atoms with Gasteiger partial charge >= 0.3 is 0 Å². The normalized spacial score (nSPS) is 40.4. The van der Waals surface area contributed by atoms with Gasteiger partial charge in [-0.1, -0.05) is 26.7 Å². The van der Waals surface area contributed by atoms with Gasteiger partial charge in [0.2, 0.25) is 0 Å². The van der Waals surface area contributed by atoms with Gasteiger partial charge in [-0.15, -0.1) is 0 Å². The van der Waals surface area contributed by atoms with E-state index in [0.29, 0.717) is 5.54 Å². The molecule has 1 heterocycles. The molecule has 0 bridgehead atoms. The lowest BCUT2D eigenvalue weighted by Gasteiger charge is -2.44. The first-order valence-electron chi connectivity index (χ1n) is 6.00. The Morgan fingerprint density at radius 3 is 2.54 bits per heavy atom. The molecule has 1 aliphatic carbocycles. The Labute approximate surface area is 82.3 Å². The summed E-state index contributed by atoms with van der Waals surface area (Å²) in [6, 6.07) is 0.